The molecule has 0 saturated carbocycles. The van der Waals surface area contributed by atoms with Crippen molar-refractivity contribution in [3.63, 3.8) is 0 Å². The van der Waals surface area contributed by atoms with E-state index in [2.05, 4.69) is 10.3 Å². The van der Waals surface area contributed by atoms with Crippen LogP contribution in [0.15, 0.2) is 45.5 Å². The van der Waals surface area contributed by atoms with E-state index in [9.17, 15) is 4.39 Å². The number of nitrogens with two attached hydrogens (primary N) is 1. The second-order valence-corrected chi connectivity index (χ2v) is 4.69. The predicted molar refractivity (Wildman–Crippen MR) is 66.2 cm³/mol. The van der Waals surface area contributed by atoms with Crippen LogP contribution in [0.2, 0.25) is 0 Å². The fourth-order valence-electron chi connectivity index (χ4n) is 1.42. The van der Waals surface area contributed by atoms with E-state index in [0.29, 0.717) is 10.5 Å². The number of aromatic nitrogens is 2. The van der Waals surface area contributed by atoms with Crippen molar-refractivity contribution in [2.75, 3.05) is 0 Å². The largest absolute Gasteiger partial charge is 0.409 e. The lowest BCUT2D eigenvalue weighted by molar-refractivity contribution is 0.318. The van der Waals surface area contributed by atoms with Gasteiger partial charge in [0.2, 0.25) is 0 Å². The highest BCUT2D eigenvalue weighted by atomic mass is 32.2. The zero-order valence-electron chi connectivity index (χ0n) is 9.54. The van der Waals surface area contributed by atoms with Gasteiger partial charge in [-0.3, -0.25) is 4.68 Å². The summed E-state index contributed by atoms with van der Waals surface area (Å²) in [4.78, 5) is 1.58. The van der Waals surface area contributed by atoms with Crippen LogP contribution >= 0.6 is 11.8 Å². The number of halogens is 1. The molecule has 0 unspecified atom stereocenters. The van der Waals surface area contributed by atoms with Crippen molar-refractivity contribution in [3.8, 4) is 0 Å². The third-order valence-electron chi connectivity index (χ3n) is 2.23. The van der Waals surface area contributed by atoms with Gasteiger partial charge >= 0.3 is 0 Å². The normalized spacial score (nSPS) is 11.8. The Morgan fingerprint density at radius 3 is 2.94 bits per heavy atom. The average molecular weight is 266 g/mol. The topological polar surface area (TPSA) is 76.4 Å². The number of amidine groups is 1. The van der Waals surface area contributed by atoms with Gasteiger partial charge < -0.3 is 10.9 Å². The molecule has 18 heavy (non-hydrogen) atoms. The monoisotopic (exact) mass is 266 g/mol. The SMILES string of the molecule is Cn1cc(Sc2ccc(F)cc2C(N)=NO)cn1. The van der Waals surface area contributed by atoms with Gasteiger partial charge in [-0.1, -0.05) is 16.9 Å². The van der Waals surface area contributed by atoms with Crippen LogP contribution in [0.25, 0.3) is 0 Å². The minimum atomic E-state index is -0.438. The van der Waals surface area contributed by atoms with Crippen molar-refractivity contribution in [1.29, 1.82) is 0 Å². The summed E-state index contributed by atoms with van der Waals surface area (Å²) in [5.74, 6) is -0.562. The van der Waals surface area contributed by atoms with Gasteiger partial charge in [-0.2, -0.15) is 5.10 Å². The molecule has 1 heterocycles. The molecule has 0 saturated heterocycles. The van der Waals surface area contributed by atoms with Crippen molar-refractivity contribution in [2.24, 2.45) is 17.9 Å². The third-order valence-corrected chi connectivity index (χ3v) is 3.26. The molecule has 94 valence electrons. The standard InChI is InChI=1S/C11H11FN4OS/c1-16-6-8(5-14-16)18-10-3-2-7(12)4-9(10)11(13)15-17/h2-6,17H,1H3,(H2,13,15). The van der Waals surface area contributed by atoms with E-state index < -0.39 is 5.82 Å². The van der Waals surface area contributed by atoms with Crippen LogP contribution in [0, 0.1) is 5.82 Å². The Kier molecular flexibility index (Phi) is 3.52. The number of aryl methyl sites for hydroxylation is 1. The molecule has 2 aromatic rings. The number of nitrogens with zero attached hydrogens (tertiary/aromatic N) is 3. The summed E-state index contributed by atoms with van der Waals surface area (Å²) in [6.07, 6.45) is 3.51. The van der Waals surface area contributed by atoms with E-state index >= 15 is 0 Å². The molecule has 5 nitrogen and oxygen atoms in total. The summed E-state index contributed by atoms with van der Waals surface area (Å²) in [5, 5.41) is 15.6. The summed E-state index contributed by atoms with van der Waals surface area (Å²) < 4.78 is 14.8. The second kappa shape index (κ2) is 5.09. The summed E-state index contributed by atoms with van der Waals surface area (Å²) in [6, 6.07) is 4.14. The summed E-state index contributed by atoms with van der Waals surface area (Å²) >= 11 is 1.37. The number of oxime groups is 1. The molecule has 0 spiro atoms. The Morgan fingerprint density at radius 2 is 2.33 bits per heavy atom. The Bertz CT molecular complexity index is 596. The van der Waals surface area contributed by atoms with Gasteiger partial charge in [0.15, 0.2) is 5.84 Å². The van der Waals surface area contributed by atoms with E-state index in [0.717, 1.165) is 4.90 Å². The molecule has 7 heteroatoms. The minimum absolute atomic E-state index is 0.124. The Morgan fingerprint density at radius 1 is 1.56 bits per heavy atom. The highest BCUT2D eigenvalue weighted by Crippen LogP contribution is 2.30. The zero-order valence-corrected chi connectivity index (χ0v) is 10.4. The van der Waals surface area contributed by atoms with Crippen LogP contribution in [0.1, 0.15) is 5.56 Å². The van der Waals surface area contributed by atoms with Crippen LogP contribution in [0.4, 0.5) is 4.39 Å². The van der Waals surface area contributed by atoms with Crippen LogP contribution in [-0.2, 0) is 7.05 Å². The first-order chi connectivity index (χ1) is 8.60. The Labute approximate surface area is 107 Å². The fraction of sp³-hybridized carbons (Fsp3) is 0.0909. The van der Waals surface area contributed by atoms with Crippen LogP contribution < -0.4 is 5.73 Å². The third kappa shape index (κ3) is 2.62. The quantitative estimate of drug-likeness (QED) is 0.384. The van der Waals surface area contributed by atoms with Crippen molar-refractivity contribution in [2.45, 2.75) is 9.79 Å². The molecule has 0 radical (unpaired) electrons. The van der Waals surface area contributed by atoms with E-state index in [-0.39, 0.29) is 5.84 Å². The number of hydrogen-bond donors (Lipinski definition) is 2. The maximum Gasteiger partial charge on any atom is 0.171 e. The lowest BCUT2D eigenvalue weighted by Gasteiger charge is -2.06. The van der Waals surface area contributed by atoms with Gasteiger partial charge in [0.25, 0.3) is 0 Å². The van der Waals surface area contributed by atoms with Crippen molar-refractivity contribution in [1.82, 2.24) is 9.78 Å². The molecule has 0 aliphatic rings. The van der Waals surface area contributed by atoms with Gasteiger partial charge in [0, 0.05) is 23.7 Å². The van der Waals surface area contributed by atoms with Crippen molar-refractivity contribution in [3.05, 3.63) is 42.0 Å². The first kappa shape index (κ1) is 12.4. The average Bonchev–Trinajstić information content (AvgIpc) is 2.76. The molecule has 1 aromatic heterocycles. The Hall–Kier alpha value is -2.02. The minimum Gasteiger partial charge on any atom is -0.409 e. The molecular weight excluding hydrogens is 255 g/mol. The summed E-state index contributed by atoms with van der Waals surface area (Å²) in [6.45, 7) is 0. The molecule has 0 bridgehead atoms. The van der Waals surface area contributed by atoms with E-state index in [4.69, 9.17) is 10.9 Å². The Balaban J connectivity index is 2.38. The first-order valence-electron chi connectivity index (χ1n) is 5.04. The van der Waals surface area contributed by atoms with Crippen LogP contribution in [-0.4, -0.2) is 20.8 Å². The number of benzene rings is 1. The van der Waals surface area contributed by atoms with Crippen molar-refractivity contribution >= 4 is 17.6 Å². The fourth-order valence-corrected chi connectivity index (χ4v) is 2.39. The molecular formula is C11H11FN4OS. The van der Waals surface area contributed by atoms with Crippen LogP contribution in [0.5, 0.6) is 0 Å². The summed E-state index contributed by atoms with van der Waals surface area (Å²) in [5.41, 5.74) is 5.88. The smallest absolute Gasteiger partial charge is 0.171 e. The van der Waals surface area contributed by atoms with Gasteiger partial charge in [0.1, 0.15) is 5.82 Å². The maximum atomic E-state index is 13.2. The number of rotatable bonds is 3. The molecule has 0 aliphatic heterocycles. The maximum absolute atomic E-state index is 13.2. The van der Waals surface area contributed by atoms with Gasteiger partial charge in [-0.15, -0.1) is 0 Å². The second-order valence-electron chi connectivity index (χ2n) is 3.58. The van der Waals surface area contributed by atoms with Gasteiger partial charge in [0.05, 0.1) is 11.1 Å². The van der Waals surface area contributed by atoms with E-state index in [1.807, 2.05) is 6.20 Å². The number of hydrogen-bond acceptors (Lipinski definition) is 4. The molecule has 0 amide bonds. The van der Waals surface area contributed by atoms with Gasteiger partial charge in [-0.05, 0) is 18.2 Å². The highest BCUT2D eigenvalue weighted by molar-refractivity contribution is 7.99. The molecule has 0 fully saturated rings. The predicted octanol–water partition coefficient (Wildman–Crippen LogP) is 1.80. The lowest BCUT2D eigenvalue weighted by Crippen LogP contribution is -2.14. The van der Waals surface area contributed by atoms with Crippen LogP contribution in [0.3, 0.4) is 0 Å². The molecule has 0 atom stereocenters. The van der Waals surface area contributed by atoms with E-state index in [1.165, 1.54) is 23.9 Å². The molecule has 0 aliphatic carbocycles. The molecule has 2 rings (SSSR count). The van der Waals surface area contributed by atoms with Crippen molar-refractivity contribution < 1.29 is 9.60 Å². The summed E-state index contributed by atoms with van der Waals surface area (Å²) in [7, 11) is 1.80. The lowest BCUT2D eigenvalue weighted by atomic mass is 10.2. The zero-order chi connectivity index (χ0) is 13.1. The first-order valence-corrected chi connectivity index (χ1v) is 5.86. The highest BCUT2D eigenvalue weighted by Gasteiger charge is 2.11. The van der Waals surface area contributed by atoms with Gasteiger partial charge in [-0.25, -0.2) is 4.39 Å². The van der Waals surface area contributed by atoms with E-state index in [1.54, 1.807) is 24.0 Å². The molecule has 3 N–H and O–H groups in total. The molecule has 1 aromatic carbocycles.